The highest BCUT2D eigenvalue weighted by Crippen LogP contribution is 2.39. The number of rotatable bonds is 8. The van der Waals surface area contributed by atoms with Crippen molar-refractivity contribution >= 4 is 45.9 Å². The third-order valence-electron chi connectivity index (χ3n) is 7.40. The molecule has 3 heterocycles. The van der Waals surface area contributed by atoms with Gasteiger partial charge in [-0.25, -0.2) is 16.5 Å². The molecule has 2 aromatic carbocycles. The van der Waals surface area contributed by atoms with E-state index in [-0.39, 0.29) is 24.6 Å². The molecule has 40 heavy (non-hydrogen) atoms. The summed E-state index contributed by atoms with van der Waals surface area (Å²) in [5.41, 5.74) is 3.01. The number of carbonyl (C=O) groups excluding carboxylic acids is 1. The summed E-state index contributed by atoms with van der Waals surface area (Å²) in [4.78, 5) is 32.2. The van der Waals surface area contributed by atoms with Crippen molar-refractivity contribution in [2.45, 2.75) is 30.3 Å². The van der Waals surface area contributed by atoms with Crippen molar-refractivity contribution in [3.63, 3.8) is 0 Å². The van der Waals surface area contributed by atoms with Crippen LogP contribution in [0, 0.1) is 6.57 Å². The summed E-state index contributed by atoms with van der Waals surface area (Å²) in [5.74, 6) is 1.57. The maximum atomic E-state index is 12.5. The van der Waals surface area contributed by atoms with E-state index >= 15 is 0 Å². The van der Waals surface area contributed by atoms with Gasteiger partial charge in [-0.2, -0.15) is 0 Å². The molecule has 2 aliphatic rings. The third kappa shape index (κ3) is 5.96. The lowest BCUT2D eigenvalue weighted by Gasteiger charge is -2.40. The van der Waals surface area contributed by atoms with E-state index < -0.39 is 0 Å². The fraction of sp³-hybridized carbons (Fsp3) is 0.400. The molecule has 0 aliphatic carbocycles. The highest BCUT2D eigenvalue weighted by atomic mass is 35.5. The minimum absolute atomic E-state index is 0.141. The molecule has 0 saturated carbocycles. The molecule has 2 aliphatic heterocycles. The van der Waals surface area contributed by atoms with Crippen molar-refractivity contribution < 1.29 is 9.53 Å². The molecule has 1 fully saturated rings. The summed E-state index contributed by atoms with van der Waals surface area (Å²) in [5, 5.41) is 3.54. The van der Waals surface area contributed by atoms with Crippen LogP contribution in [0.15, 0.2) is 54.2 Å². The van der Waals surface area contributed by atoms with Gasteiger partial charge in [0.05, 0.1) is 18.4 Å². The zero-order chi connectivity index (χ0) is 28.2. The second-order valence-electron chi connectivity index (χ2n) is 10.3. The van der Waals surface area contributed by atoms with Crippen LogP contribution in [-0.2, 0) is 22.6 Å². The van der Waals surface area contributed by atoms with Crippen LogP contribution in [0.5, 0.6) is 0 Å². The van der Waals surface area contributed by atoms with Gasteiger partial charge in [0.1, 0.15) is 11.9 Å². The number of aromatic nitrogens is 2. The number of thioether (sulfide) groups is 1. The van der Waals surface area contributed by atoms with Gasteiger partial charge < -0.3 is 24.3 Å². The van der Waals surface area contributed by atoms with Gasteiger partial charge in [0.25, 0.3) is 0 Å². The first-order valence-electron chi connectivity index (χ1n) is 13.4. The van der Waals surface area contributed by atoms with Crippen molar-refractivity contribution in [3.05, 3.63) is 82.3 Å². The number of carbonyl (C=O) groups is 1. The van der Waals surface area contributed by atoms with E-state index in [2.05, 4.69) is 53.5 Å². The second kappa shape index (κ2) is 12.6. The Morgan fingerprint density at radius 3 is 2.83 bits per heavy atom. The molecule has 0 unspecified atom stereocenters. The normalized spacial score (nSPS) is 19.0. The highest BCUT2D eigenvalue weighted by Gasteiger charge is 2.35. The number of benzene rings is 2. The Kier molecular flexibility index (Phi) is 8.91. The Morgan fingerprint density at radius 1 is 1.27 bits per heavy atom. The molecule has 2 atom stereocenters. The number of hydrogen-bond acceptors (Lipinski definition) is 7. The summed E-state index contributed by atoms with van der Waals surface area (Å²) in [6, 6.07) is 11.9. The van der Waals surface area contributed by atoms with Crippen LogP contribution in [0.3, 0.4) is 0 Å². The topological polar surface area (TPSA) is 66.2 Å². The van der Waals surface area contributed by atoms with Crippen LogP contribution in [0.1, 0.15) is 22.9 Å². The van der Waals surface area contributed by atoms with Crippen molar-refractivity contribution in [2.24, 2.45) is 0 Å². The lowest BCUT2D eigenvalue weighted by atomic mass is 9.94. The van der Waals surface area contributed by atoms with E-state index in [1.54, 1.807) is 16.7 Å². The molecule has 5 rings (SSSR count). The SMILES string of the molecule is [C-]#[N+]C[C@H]1CN(c2nc(SCCN(C)C)nc3c2CO[C@H](c2cccc4cccc(Cl)c24)C3)CCN1C(=O)C=C. The average molecular weight is 577 g/mol. The number of piperazine rings is 1. The number of ether oxygens (including phenoxy) is 1. The fourth-order valence-electron chi connectivity index (χ4n) is 5.38. The number of nitrogens with zero attached hydrogens (tertiary/aromatic N) is 6. The molecule has 0 radical (unpaired) electrons. The third-order valence-corrected chi connectivity index (χ3v) is 8.55. The molecule has 0 spiro atoms. The molecule has 3 aromatic rings. The van der Waals surface area contributed by atoms with Crippen LogP contribution in [0.2, 0.25) is 5.02 Å². The first kappa shape index (κ1) is 28.4. The van der Waals surface area contributed by atoms with Gasteiger partial charge in [0, 0.05) is 54.3 Å². The molecular formula is C30H33ClN6O2S. The lowest BCUT2D eigenvalue weighted by molar-refractivity contribution is -0.128. The summed E-state index contributed by atoms with van der Waals surface area (Å²) in [7, 11) is 4.11. The highest BCUT2D eigenvalue weighted by molar-refractivity contribution is 7.99. The first-order valence-corrected chi connectivity index (χ1v) is 14.7. The molecule has 8 nitrogen and oxygen atoms in total. The van der Waals surface area contributed by atoms with Crippen LogP contribution in [0.4, 0.5) is 5.82 Å². The van der Waals surface area contributed by atoms with Crippen molar-refractivity contribution in [2.75, 3.05) is 57.5 Å². The molecule has 10 heteroatoms. The molecular weight excluding hydrogens is 544 g/mol. The Morgan fingerprint density at radius 2 is 2.08 bits per heavy atom. The maximum absolute atomic E-state index is 12.5. The predicted molar refractivity (Wildman–Crippen MR) is 161 cm³/mol. The summed E-state index contributed by atoms with van der Waals surface area (Å²) in [6.45, 7) is 14.2. The van der Waals surface area contributed by atoms with Gasteiger partial charge >= 0.3 is 0 Å². The predicted octanol–water partition coefficient (Wildman–Crippen LogP) is 4.87. The van der Waals surface area contributed by atoms with Crippen LogP contribution >= 0.6 is 23.4 Å². The standard InChI is InChI=1S/C30H33ClN6O2S/c1-5-27(38)37-13-12-36(18-21(37)17-32-2)29-23-19-39-26(16-25(23)33-30(34-29)40-15-14-35(3)4)22-10-6-8-20-9-7-11-24(31)28(20)22/h5-11,21,26H,1,12-19H2,3-4H3/t21-,26-/m0/s1. The van der Waals surface area contributed by atoms with E-state index in [1.807, 2.05) is 18.2 Å². The van der Waals surface area contributed by atoms with Crippen molar-refractivity contribution in [1.82, 2.24) is 19.8 Å². The fourth-order valence-corrected chi connectivity index (χ4v) is 6.64. The zero-order valence-corrected chi connectivity index (χ0v) is 24.4. The van der Waals surface area contributed by atoms with E-state index in [4.69, 9.17) is 32.9 Å². The summed E-state index contributed by atoms with van der Waals surface area (Å²) < 4.78 is 6.48. The summed E-state index contributed by atoms with van der Waals surface area (Å²) in [6.07, 6.45) is 1.75. The van der Waals surface area contributed by atoms with Gasteiger partial charge in [-0.15, -0.1) is 0 Å². The quantitative estimate of drug-likeness (QED) is 0.164. The second-order valence-corrected chi connectivity index (χ2v) is 11.7. The number of anilines is 1. The van der Waals surface area contributed by atoms with Crippen LogP contribution < -0.4 is 4.90 Å². The number of fused-ring (bicyclic) bond motifs is 2. The van der Waals surface area contributed by atoms with E-state index in [1.165, 1.54) is 6.08 Å². The number of halogens is 1. The van der Waals surface area contributed by atoms with Gasteiger partial charge in [-0.05, 0) is 37.2 Å². The lowest BCUT2D eigenvalue weighted by Crippen LogP contribution is -2.56. The van der Waals surface area contributed by atoms with Gasteiger partial charge in [0.15, 0.2) is 5.16 Å². The van der Waals surface area contributed by atoms with E-state index in [0.717, 1.165) is 50.9 Å². The number of amides is 1. The first-order chi connectivity index (χ1) is 19.4. The monoisotopic (exact) mass is 576 g/mol. The van der Waals surface area contributed by atoms with Gasteiger partial charge in [-0.3, -0.25) is 4.79 Å². The minimum atomic E-state index is -0.234. The van der Waals surface area contributed by atoms with E-state index in [9.17, 15) is 4.79 Å². The molecule has 208 valence electrons. The van der Waals surface area contributed by atoms with Gasteiger partial charge in [0.2, 0.25) is 12.5 Å². The largest absolute Gasteiger partial charge is 0.368 e. The van der Waals surface area contributed by atoms with Crippen LogP contribution in [0.25, 0.3) is 15.6 Å². The minimum Gasteiger partial charge on any atom is -0.368 e. The smallest absolute Gasteiger partial charge is 0.246 e. The number of hydrogen-bond donors (Lipinski definition) is 0. The average Bonchev–Trinajstić information content (AvgIpc) is 2.96. The summed E-state index contributed by atoms with van der Waals surface area (Å²) >= 11 is 8.29. The zero-order valence-electron chi connectivity index (χ0n) is 22.8. The molecule has 0 N–H and O–H groups in total. The Bertz CT molecular complexity index is 1450. The molecule has 1 aromatic heterocycles. The Labute approximate surface area is 244 Å². The Balaban J connectivity index is 1.49. The van der Waals surface area contributed by atoms with Crippen molar-refractivity contribution in [1.29, 1.82) is 0 Å². The van der Waals surface area contributed by atoms with Gasteiger partial charge in [-0.1, -0.05) is 60.3 Å². The molecule has 0 bridgehead atoms. The van der Waals surface area contributed by atoms with Crippen molar-refractivity contribution in [3.8, 4) is 0 Å². The Hall–Kier alpha value is -3.16. The molecule has 1 saturated heterocycles. The molecule has 1 amide bonds. The van der Waals surface area contributed by atoms with Crippen LogP contribution in [-0.4, -0.2) is 84.3 Å². The van der Waals surface area contributed by atoms with E-state index in [0.29, 0.717) is 37.7 Å². The maximum Gasteiger partial charge on any atom is 0.246 e.